The lowest BCUT2D eigenvalue weighted by Crippen LogP contribution is -2.14. The maximum Gasteiger partial charge on any atom is 0.124 e. The summed E-state index contributed by atoms with van der Waals surface area (Å²) in [6, 6.07) is 13.5. The molecule has 0 saturated heterocycles. The van der Waals surface area contributed by atoms with Crippen LogP contribution in [0.1, 0.15) is 22.7 Å². The van der Waals surface area contributed by atoms with Gasteiger partial charge in [-0.15, -0.1) is 0 Å². The number of ether oxygens (including phenoxy) is 2. The summed E-state index contributed by atoms with van der Waals surface area (Å²) in [6.45, 7) is 2.03. The molecule has 2 aromatic carbocycles. The first-order valence-electron chi connectivity index (χ1n) is 6.20. The summed E-state index contributed by atoms with van der Waals surface area (Å²) in [7, 11) is 3.31. The molecule has 2 rings (SSSR count). The van der Waals surface area contributed by atoms with Crippen molar-refractivity contribution in [2.24, 2.45) is 5.73 Å². The molecule has 0 aliphatic heterocycles. The number of nitrogens with two attached hydrogens (primary N) is 1. The van der Waals surface area contributed by atoms with Crippen LogP contribution in [0.4, 0.5) is 0 Å². The normalized spacial score (nSPS) is 12.0. The van der Waals surface area contributed by atoms with Crippen molar-refractivity contribution < 1.29 is 9.47 Å². The van der Waals surface area contributed by atoms with E-state index in [9.17, 15) is 0 Å². The monoisotopic (exact) mass is 257 g/mol. The molecule has 2 aromatic rings. The molecule has 0 radical (unpaired) electrons. The number of hydrogen-bond acceptors (Lipinski definition) is 3. The van der Waals surface area contributed by atoms with E-state index in [2.05, 4.69) is 0 Å². The second-order valence-electron chi connectivity index (χ2n) is 4.47. The fourth-order valence-electron chi connectivity index (χ4n) is 2.17. The van der Waals surface area contributed by atoms with Gasteiger partial charge >= 0.3 is 0 Å². The summed E-state index contributed by atoms with van der Waals surface area (Å²) in [5, 5.41) is 0. The van der Waals surface area contributed by atoms with Crippen LogP contribution < -0.4 is 15.2 Å². The van der Waals surface area contributed by atoms with Crippen molar-refractivity contribution in [2.75, 3.05) is 14.2 Å². The second kappa shape index (κ2) is 5.76. The van der Waals surface area contributed by atoms with E-state index >= 15 is 0 Å². The summed E-state index contributed by atoms with van der Waals surface area (Å²) >= 11 is 0. The SMILES string of the molecule is COc1ccccc1C(N)c1ccc(C)cc1OC. The average molecular weight is 257 g/mol. The van der Waals surface area contributed by atoms with Gasteiger partial charge in [-0.25, -0.2) is 0 Å². The van der Waals surface area contributed by atoms with Gasteiger partial charge in [-0.1, -0.05) is 30.3 Å². The van der Waals surface area contributed by atoms with E-state index in [1.807, 2.05) is 49.4 Å². The van der Waals surface area contributed by atoms with Gasteiger partial charge in [0.05, 0.1) is 20.3 Å². The highest BCUT2D eigenvalue weighted by molar-refractivity contribution is 5.47. The standard InChI is InChI=1S/C16H19NO2/c1-11-8-9-13(15(10-11)19-3)16(17)12-6-4-5-7-14(12)18-2/h4-10,16H,17H2,1-3H3. The van der Waals surface area contributed by atoms with Crippen LogP contribution in [0.2, 0.25) is 0 Å². The quantitative estimate of drug-likeness (QED) is 0.915. The largest absolute Gasteiger partial charge is 0.496 e. The Morgan fingerprint density at radius 3 is 2.21 bits per heavy atom. The summed E-state index contributed by atoms with van der Waals surface area (Å²) in [5.41, 5.74) is 9.41. The number of aryl methyl sites for hydroxylation is 1. The van der Waals surface area contributed by atoms with Gasteiger partial charge in [0, 0.05) is 11.1 Å². The highest BCUT2D eigenvalue weighted by Crippen LogP contribution is 2.33. The summed E-state index contributed by atoms with van der Waals surface area (Å²) in [6.07, 6.45) is 0. The van der Waals surface area contributed by atoms with E-state index in [-0.39, 0.29) is 6.04 Å². The lowest BCUT2D eigenvalue weighted by Gasteiger charge is -2.18. The van der Waals surface area contributed by atoms with E-state index in [0.29, 0.717) is 0 Å². The Kier molecular flexibility index (Phi) is 4.07. The first-order valence-corrected chi connectivity index (χ1v) is 6.20. The maximum atomic E-state index is 6.36. The molecule has 1 atom stereocenters. The minimum Gasteiger partial charge on any atom is -0.496 e. The molecular formula is C16H19NO2. The van der Waals surface area contributed by atoms with E-state index < -0.39 is 0 Å². The molecule has 3 nitrogen and oxygen atoms in total. The molecule has 19 heavy (non-hydrogen) atoms. The Bertz CT molecular complexity index is 566. The first-order chi connectivity index (χ1) is 9.17. The number of rotatable bonds is 4. The predicted octanol–water partition coefficient (Wildman–Crippen LogP) is 3.06. The minimum absolute atomic E-state index is 0.272. The van der Waals surface area contributed by atoms with E-state index in [1.54, 1.807) is 14.2 Å². The molecule has 3 heteroatoms. The summed E-state index contributed by atoms with van der Waals surface area (Å²) in [4.78, 5) is 0. The van der Waals surface area contributed by atoms with Gasteiger partial charge in [-0.3, -0.25) is 0 Å². The fourth-order valence-corrected chi connectivity index (χ4v) is 2.17. The van der Waals surface area contributed by atoms with Crippen molar-refractivity contribution in [3.63, 3.8) is 0 Å². The molecule has 0 fully saturated rings. The third-order valence-corrected chi connectivity index (χ3v) is 3.20. The van der Waals surface area contributed by atoms with E-state index in [0.717, 1.165) is 28.2 Å². The highest BCUT2D eigenvalue weighted by Gasteiger charge is 2.17. The van der Waals surface area contributed by atoms with Crippen LogP contribution in [0, 0.1) is 6.92 Å². The molecule has 0 bridgehead atoms. The molecule has 0 heterocycles. The summed E-state index contributed by atoms with van der Waals surface area (Å²) in [5.74, 6) is 1.59. The van der Waals surface area contributed by atoms with E-state index in [4.69, 9.17) is 15.2 Å². The summed E-state index contributed by atoms with van der Waals surface area (Å²) < 4.78 is 10.8. The van der Waals surface area contributed by atoms with Gasteiger partial charge in [0.15, 0.2) is 0 Å². The Hall–Kier alpha value is -2.00. The lowest BCUT2D eigenvalue weighted by atomic mass is 9.97. The molecule has 0 amide bonds. The van der Waals surface area contributed by atoms with E-state index in [1.165, 1.54) is 0 Å². The molecule has 2 N–H and O–H groups in total. The van der Waals surface area contributed by atoms with Crippen molar-refractivity contribution in [3.05, 3.63) is 59.2 Å². The predicted molar refractivity (Wildman–Crippen MR) is 76.8 cm³/mol. The van der Waals surface area contributed by atoms with Crippen LogP contribution in [-0.2, 0) is 0 Å². The number of hydrogen-bond donors (Lipinski definition) is 1. The Balaban J connectivity index is 2.46. The number of methoxy groups -OCH3 is 2. The average Bonchev–Trinajstić information content (AvgIpc) is 2.46. The van der Waals surface area contributed by atoms with Gasteiger partial charge in [0.2, 0.25) is 0 Å². The molecule has 0 aromatic heterocycles. The second-order valence-corrected chi connectivity index (χ2v) is 4.47. The molecule has 0 saturated carbocycles. The van der Waals surface area contributed by atoms with Gasteiger partial charge in [-0.05, 0) is 24.6 Å². The van der Waals surface area contributed by atoms with Gasteiger partial charge in [-0.2, -0.15) is 0 Å². The van der Waals surface area contributed by atoms with Crippen molar-refractivity contribution in [1.29, 1.82) is 0 Å². The molecule has 1 unspecified atom stereocenters. The Morgan fingerprint density at radius 1 is 0.895 bits per heavy atom. The molecule has 0 spiro atoms. The first kappa shape index (κ1) is 13.4. The number of benzene rings is 2. The zero-order valence-electron chi connectivity index (χ0n) is 11.5. The fraction of sp³-hybridized carbons (Fsp3) is 0.250. The maximum absolute atomic E-state index is 6.36. The van der Waals surface area contributed by atoms with Crippen LogP contribution in [-0.4, -0.2) is 14.2 Å². The topological polar surface area (TPSA) is 44.5 Å². The molecule has 0 aliphatic carbocycles. The lowest BCUT2D eigenvalue weighted by molar-refractivity contribution is 0.400. The van der Waals surface area contributed by atoms with Crippen molar-refractivity contribution in [2.45, 2.75) is 13.0 Å². The highest BCUT2D eigenvalue weighted by atomic mass is 16.5. The van der Waals surface area contributed by atoms with Gasteiger partial charge in [0.25, 0.3) is 0 Å². The Morgan fingerprint density at radius 2 is 1.53 bits per heavy atom. The molecular weight excluding hydrogens is 238 g/mol. The van der Waals surface area contributed by atoms with Gasteiger partial charge in [0.1, 0.15) is 11.5 Å². The van der Waals surface area contributed by atoms with Crippen molar-refractivity contribution in [3.8, 4) is 11.5 Å². The molecule has 100 valence electrons. The van der Waals surface area contributed by atoms with Crippen LogP contribution in [0.25, 0.3) is 0 Å². The third kappa shape index (κ3) is 2.71. The van der Waals surface area contributed by atoms with Crippen LogP contribution >= 0.6 is 0 Å². The van der Waals surface area contributed by atoms with Crippen molar-refractivity contribution in [1.82, 2.24) is 0 Å². The smallest absolute Gasteiger partial charge is 0.124 e. The van der Waals surface area contributed by atoms with Gasteiger partial charge < -0.3 is 15.2 Å². The minimum atomic E-state index is -0.272. The Labute approximate surface area is 114 Å². The zero-order chi connectivity index (χ0) is 13.8. The van der Waals surface area contributed by atoms with Crippen LogP contribution in [0.5, 0.6) is 11.5 Å². The third-order valence-electron chi connectivity index (χ3n) is 3.20. The van der Waals surface area contributed by atoms with Crippen LogP contribution in [0.15, 0.2) is 42.5 Å². The molecule has 0 aliphatic rings. The van der Waals surface area contributed by atoms with Crippen molar-refractivity contribution >= 4 is 0 Å². The van der Waals surface area contributed by atoms with Crippen LogP contribution in [0.3, 0.4) is 0 Å². The number of para-hydroxylation sites is 1. The zero-order valence-corrected chi connectivity index (χ0v) is 11.5.